The predicted molar refractivity (Wildman–Crippen MR) is 95.6 cm³/mol. The first-order chi connectivity index (χ1) is 12.2. The lowest BCUT2D eigenvalue weighted by Gasteiger charge is -2.34. The van der Waals surface area contributed by atoms with Crippen molar-refractivity contribution in [2.75, 3.05) is 25.0 Å². The first kappa shape index (κ1) is 17.4. The Morgan fingerprint density at radius 2 is 1.84 bits per heavy atom. The number of nitrogens with zero attached hydrogens (tertiary/aromatic N) is 2. The van der Waals surface area contributed by atoms with Crippen LogP contribution in [0.5, 0.6) is 0 Å². The van der Waals surface area contributed by atoms with E-state index < -0.39 is 6.10 Å². The molecule has 3 rings (SSSR count). The van der Waals surface area contributed by atoms with Gasteiger partial charge in [0.1, 0.15) is 5.82 Å². The maximum absolute atomic E-state index is 13.7. The summed E-state index contributed by atoms with van der Waals surface area (Å²) in [4.78, 5) is 2.22. The Morgan fingerprint density at radius 3 is 2.48 bits per heavy atom. The van der Waals surface area contributed by atoms with E-state index >= 15 is 0 Å². The molecule has 0 aromatic heterocycles. The van der Waals surface area contributed by atoms with Gasteiger partial charge in [-0.15, -0.1) is 0 Å². The van der Waals surface area contributed by atoms with E-state index in [1.807, 2.05) is 6.07 Å². The maximum Gasteiger partial charge on any atom is 0.146 e. The lowest BCUT2D eigenvalue weighted by atomic mass is 10.0. The number of halogens is 1. The minimum absolute atomic E-state index is 0.221. The Kier molecular flexibility index (Phi) is 5.64. The minimum Gasteiger partial charge on any atom is -0.387 e. The second kappa shape index (κ2) is 8.11. The number of nitriles is 1. The van der Waals surface area contributed by atoms with Crippen molar-refractivity contribution < 1.29 is 9.50 Å². The molecule has 0 bridgehead atoms. The Labute approximate surface area is 147 Å². The van der Waals surface area contributed by atoms with Crippen molar-refractivity contribution in [3.8, 4) is 6.07 Å². The van der Waals surface area contributed by atoms with Gasteiger partial charge in [-0.25, -0.2) is 4.39 Å². The lowest BCUT2D eigenvalue weighted by molar-refractivity contribution is 0.0991. The quantitative estimate of drug-likeness (QED) is 0.877. The predicted octanol–water partition coefficient (Wildman–Crippen LogP) is 3.31. The van der Waals surface area contributed by atoms with Crippen molar-refractivity contribution in [1.29, 1.82) is 5.26 Å². The summed E-state index contributed by atoms with van der Waals surface area (Å²) in [5, 5.41) is 22.5. The molecule has 0 saturated carbocycles. The molecular weight excluding hydrogens is 317 g/mol. The van der Waals surface area contributed by atoms with E-state index in [1.165, 1.54) is 6.07 Å². The van der Waals surface area contributed by atoms with Crippen LogP contribution in [0.1, 0.15) is 30.1 Å². The van der Waals surface area contributed by atoms with E-state index in [0.29, 0.717) is 17.8 Å². The summed E-state index contributed by atoms with van der Waals surface area (Å²) in [6.07, 6.45) is 1.26. The molecule has 1 heterocycles. The smallest absolute Gasteiger partial charge is 0.146 e. The van der Waals surface area contributed by atoms with Crippen LogP contribution in [0.4, 0.5) is 10.1 Å². The van der Waals surface area contributed by atoms with E-state index in [-0.39, 0.29) is 11.9 Å². The fourth-order valence-corrected chi connectivity index (χ4v) is 3.19. The molecule has 1 aliphatic rings. The first-order valence-electron chi connectivity index (χ1n) is 8.57. The van der Waals surface area contributed by atoms with Crippen LogP contribution in [-0.2, 0) is 0 Å². The molecule has 0 aliphatic carbocycles. The van der Waals surface area contributed by atoms with Gasteiger partial charge >= 0.3 is 0 Å². The van der Waals surface area contributed by atoms with Gasteiger partial charge in [-0.05, 0) is 42.7 Å². The molecule has 0 radical (unpaired) electrons. The number of likely N-dealkylation sites (tertiary alicyclic amines) is 1. The zero-order chi connectivity index (χ0) is 17.6. The van der Waals surface area contributed by atoms with Gasteiger partial charge in [-0.3, -0.25) is 0 Å². The van der Waals surface area contributed by atoms with E-state index in [9.17, 15) is 9.50 Å². The van der Waals surface area contributed by atoms with Gasteiger partial charge in [0.2, 0.25) is 0 Å². The fraction of sp³-hybridized carbons (Fsp3) is 0.350. The van der Waals surface area contributed by atoms with Crippen molar-refractivity contribution in [3.63, 3.8) is 0 Å². The molecular formula is C20H22FN3O. The fourth-order valence-electron chi connectivity index (χ4n) is 3.19. The minimum atomic E-state index is -0.566. The summed E-state index contributed by atoms with van der Waals surface area (Å²) in [7, 11) is 0. The number of aliphatic hydroxyl groups excluding tert-OH is 1. The monoisotopic (exact) mass is 339 g/mol. The Bertz CT molecular complexity index is 733. The number of para-hydroxylation sites is 1. The number of anilines is 1. The molecule has 25 heavy (non-hydrogen) atoms. The molecule has 5 heteroatoms. The molecule has 1 saturated heterocycles. The zero-order valence-electron chi connectivity index (χ0n) is 14.0. The van der Waals surface area contributed by atoms with Crippen LogP contribution < -0.4 is 5.32 Å². The van der Waals surface area contributed by atoms with Crippen LogP contribution >= 0.6 is 0 Å². The maximum atomic E-state index is 13.7. The number of β-amino-alcohol motifs (C(OH)–C–C–N with tert-alkyl or cyclic N) is 1. The molecule has 2 N–H and O–H groups in total. The number of nitrogens with one attached hydrogen (secondary N) is 1. The molecule has 130 valence electrons. The normalized spacial score (nSPS) is 17.0. The average Bonchev–Trinajstić information content (AvgIpc) is 2.65. The largest absolute Gasteiger partial charge is 0.387 e. The number of rotatable bonds is 5. The van der Waals surface area contributed by atoms with Crippen molar-refractivity contribution in [3.05, 3.63) is 65.5 Å². The summed E-state index contributed by atoms with van der Waals surface area (Å²) < 4.78 is 13.7. The highest BCUT2D eigenvalue weighted by Gasteiger charge is 2.22. The van der Waals surface area contributed by atoms with Crippen LogP contribution in [0.15, 0.2) is 48.5 Å². The molecule has 1 fully saturated rings. The van der Waals surface area contributed by atoms with Gasteiger partial charge in [-0.2, -0.15) is 5.26 Å². The molecule has 2 aromatic rings. The van der Waals surface area contributed by atoms with Crippen LogP contribution in [0, 0.1) is 17.1 Å². The summed E-state index contributed by atoms with van der Waals surface area (Å²) in [5.74, 6) is -0.221. The van der Waals surface area contributed by atoms with E-state index in [2.05, 4.69) is 16.3 Å². The topological polar surface area (TPSA) is 59.3 Å². The van der Waals surface area contributed by atoms with E-state index in [1.54, 1.807) is 36.4 Å². The van der Waals surface area contributed by atoms with Crippen LogP contribution in [0.25, 0.3) is 0 Å². The third-order valence-corrected chi connectivity index (χ3v) is 4.68. The third kappa shape index (κ3) is 4.56. The molecule has 4 nitrogen and oxygen atoms in total. The van der Waals surface area contributed by atoms with Crippen molar-refractivity contribution in [1.82, 2.24) is 4.90 Å². The molecule has 1 aliphatic heterocycles. The highest BCUT2D eigenvalue weighted by atomic mass is 19.1. The van der Waals surface area contributed by atoms with E-state index in [4.69, 9.17) is 5.26 Å². The Balaban J connectivity index is 1.49. The highest BCUT2D eigenvalue weighted by molar-refractivity contribution is 5.45. The zero-order valence-corrected chi connectivity index (χ0v) is 14.0. The third-order valence-electron chi connectivity index (χ3n) is 4.68. The second-order valence-corrected chi connectivity index (χ2v) is 6.45. The van der Waals surface area contributed by atoms with Crippen LogP contribution in [-0.4, -0.2) is 35.7 Å². The van der Waals surface area contributed by atoms with E-state index in [0.717, 1.165) is 31.5 Å². The number of hydrogen-bond donors (Lipinski definition) is 2. The molecule has 1 atom stereocenters. The van der Waals surface area contributed by atoms with Crippen molar-refractivity contribution >= 4 is 5.69 Å². The number of benzene rings is 2. The average molecular weight is 339 g/mol. The Morgan fingerprint density at radius 1 is 1.16 bits per heavy atom. The number of piperidine rings is 1. The summed E-state index contributed by atoms with van der Waals surface area (Å²) in [5.41, 5.74) is 1.97. The van der Waals surface area contributed by atoms with Gasteiger partial charge in [0.15, 0.2) is 0 Å². The number of hydrogen-bond acceptors (Lipinski definition) is 4. The second-order valence-electron chi connectivity index (χ2n) is 6.45. The lowest BCUT2D eigenvalue weighted by Crippen LogP contribution is -2.41. The van der Waals surface area contributed by atoms with Crippen LogP contribution in [0.3, 0.4) is 0 Å². The van der Waals surface area contributed by atoms with Gasteiger partial charge in [-0.1, -0.05) is 24.3 Å². The molecule has 0 amide bonds. The van der Waals surface area contributed by atoms with Gasteiger partial charge in [0.05, 0.1) is 23.4 Å². The number of aliphatic hydroxyl groups is 1. The summed E-state index contributed by atoms with van der Waals surface area (Å²) >= 11 is 0. The summed E-state index contributed by atoms with van der Waals surface area (Å²) in [6.45, 7) is 2.29. The standard InChI is InChI=1S/C20H22FN3O/c21-18-3-1-2-4-19(18)23-17-9-11-24(12-10-17)14-20(25)16-7-5-15(13-22)6-8-16/h1-8,17,20,23,25H,9-12,14H2. The first-order valence-corrected chi connectivity index (χ1v) is 8.57. The van der Waals surface area contributed by atoms with Gasteiger partial charge in [0.25, 0.3) is 0 Å². The van der Waals surface area contributed by atoms with Gasteiger partial charge < -0.3 is 15.3 Å². The van der Waals surface area contributed by atoms with Crippen LogP contribution in [0.2, 0.25) is 0 Å². The SMILES string of the molecule is N#Cc1ccc(C(O)CN2CCC(Nc3ccccc3F)CC2)cc1. The molecule has 2 aromatic carbocycles. The van der Waals surface area contributed by atoms with Gasteiger partial charge in [0, 0.05) is 25.7 Å². The van der Waals surface area contributed by atoms with Crippen molar-refractivity contribution in [2.24, 2.45) is 0 Å². The molecule has 1 unspecified atom stereocenters. The Hall–Kier alpha value is -2.42. The summed E-state index contributed by atoms with van der Waals surface area (Å²) in [6, 6.07) is 16.1. The van der Waals surface area contributed by atoms with Crippen molar-refractivity contribution in [2.45, 2.75) is 25.0 Å². The highest BCUT2D eigenvalue weighted by Crippen LogP contribution is 2.21. The molecule has 0 spiro atoms.